The molecule has 0 saturated carbocycles. The molecule has 194 valence electrons. The number of benzene rings is 3. The van der Waals surface area contributed by atoms with Gasteiger partial charge in [-0.3, -0.25) is 14.5 Å². The van der Waals surface area contributed by atoms with Crippen LogP contribution in [-0.4, -0.2) is 29.5 Å². The van der Waals surface area contributed by atoms with E-state index in [0.29, 0.717) is 22.4 Å². The number of nitrogens with one attached hydrogen (secondary N) is 1. The topological polar surface area (TPSA) is 80.2 Å². The van der Waals surface area contributed by atoms with E-state index < -0.39 is 0 Å². The summed E-state index contributed by atoms with van der Waals surface area (Å²) in [6, 6.07) is 19.3. The average molecular weight is 528 g/mol. The number of hydrogen-bond acceptors (Lipinski definition) is 6. The first-order valence-corrected chi connectivity index (χ1v) is 13.6. The third-order valence-electron chi connectivity index (χ3n) is 6.42. The lowest BCUT2D eigenvalue weighted by Gasteiger charge is -2.18. The lowest BCUT2D eigenvalue weighted by molar-refractivity contribution is -0.114. The smallest absolute Gasteiger partial charge is 0.283 e. The molecule has 5 rings (SSSR count). The first-order valence-electron chi connectivity index (χ1n) is 12.6. The fourth-order valence-electron chi connectivity index (χ4n) is 4.38. The number of fused-ring (bicyclic) bond motifs is 1. The molecule has 2 aliphatic heterocycles. The fraction of sp³-hybridized carbons (Fsp3) is 0.233. The largest absolute Gasteiger partial charge is 0.454 e. The number of para-hydroxylation sites is 1. The third kappa shape index (κ3) is 5.31. The maximum atomic E-state index is 13.5. The number of aliphatic imine (C=N–C) groups is 1. The second-order valence-electron chi connectivity index (χ2n) is 9.01. The van der Waals surface area contributed by atoms with Crippen molar-refractivity contribution in [2.24, 2.45) is 4.99 Å². The van der Waals surface area contributed by atoms with Gasteiger partial charge < -0.3 is 14.8 Å². The Hall–Kier alpha value is -4.04. The number of aryl methyl sites for hydroxylation is 3. The fourth-order valence-corrected chi connectivity index (χ4v) is 5.20. The Balaban J connectivity index is 1.39. The quantitative estimate of drug-likeness (QED) is 0.383. The summed E-state index contributed by atoms with van der Waals surface area (Å²) in [5.41, 5.74) is 5.94. The summed E-state index contributed by atoms with van der Waals surface area (Å²) in [4.78, 5) is 32.8. The Morgan fingerprint density at radius 3 is 2.45 bits per heavy atom. The number of amides is 2. The predicted molar refractivity (Wildman–Crippen MR) is 153 cm³/mol. The minimum absolute atomic E-state index is 0.118. The van der Waals surface area contributed by atoms with E-state index in [9.17, 15) is 9.59 Å². The minimum Gasteiger partial charge on any atom is -0.454 e. The second-order valence-corrected chi connectivity index (χ2v) is 9.95. The van der Waals surface area contributed by atoms with Crippen molar-refractivity contribution in [3.63, 3.8) is 0 Å². The normalized spacial score (nSPS) is 15.2. The van der Waals surface area contributed by atoms with Crippen LogP contribution in [-0.2, 0) is 22.4 Å². The highest BCUT2D eigenvalue weighted by Crippen LogP contribution is 2.35. The summed E-state index contributed by atoms with van der Waals surface area (Å²) >= 11 is 1.24. The molecule has 0 unspecified atom stereocenters. The summed E-state index contributed by atoms with van der Waals surface area (Å²) < 4.78 is 10.9. The van der Waals surface area contributed by atoms with Crippen LogP contribution >= 0.6 is 11.8 Å². The Morgan fingerprint density at radius 2 is 1.74 bits per heavy atom. The highest BCUT2D eigenvalue weighted by Gasteiger charge is 2.32. The van der Waals surface area contributed by atoms with E-state index in [1.807, 2.05) is 67.6 Å². The van der Waals surface area contributed by atoms with Gasteiger partial charge >= 0.3 is 0 Å². The number of ether oxygens (including phenoxy) is 2. The molecule has 0 spiro atoms. The standard InChI is InChI=1S/C30H29N3O4S/c1-4-21-7-6-8-22(5-2)28(21)32-27(34)17-38-30-31-24(15-20-11-14-25-26(16-20)37-18-36-25)29(35)33(30)23-12-9-19(3)10-13-23/h6-16H,4-5,17-18H2,1-3H3,(H,32,34). The van der Waals surface area contributed by atoms with Gasteiger partial charge in [0.05, 0.1) is 11.4 Å². The second kappa shape index (κ2) is 11.1. The van der Waals surface area contributed by atoms with E-state index in [0.717, 1.165) is 40.8 Å². The molecule has 0 bridgehead atoms. The molecule has 38 heavy (non-hydrogen) atoms. The zero-order valence-corrected chi connectivity index (χ0v) is 22.4. The van der Waals surface area contributed by atoms with Crippen molar-refractivity contribution in [1.82, 2.24) is 0 Å². The lowest BCUT2D eigenvalue weighted by Crippen LogP contribution is -2.31. The van der Waals surface area contributed by atoms with Gasteiger partial charge in [-0.2, -0.15) is 0 Å². The van der Waals surface area contributed by atoms with Crippen LogP contribution in [0.4, 0.5) is 11.4 Å². The Bertz CT molecular complexity index is 1420. The van der Waals surface area contributed by atoms with E-state index in [2.05, 4.69) is 24.2 Å². The van der Waals surface area contributed by atoms with Gasteiger partial charge in [0, 0.05) is 5.69 Å². The SMILES string of the molecule is CCc1cccc(CC)c1NC(=O)CSC1=NC(=Cc2ccc3c(c2)OCO3)C(=O)N1c1ccc(C)cc1. The van der Waals surface area contributed by atoms with E-state index in [1.165, 1.54) is 11.8 Å². The number of amidine groups is 1. The van der Waals surface area contributed by atoms with Crippen LogP contribution in [0.2, 0.25) is 0 Å². The molecule has 2 heterocycles. The number of carbonyl (C=O) groups excluding carboxylic acids is 2. The summed E-state index contributed by atoms with van der Waals surface area (Å²) in [7, 11) is 0. The van der Waals surface area contributed by atoms with Gasteiger partial charge in [0.2, 0.25) is 12.7 Å². The van der Waals surface area contributed by atoms with E-state index in [1.54, 1.807) is 11.0 Å². The number of thioether (sulfide) groups is 1. The molecule has 1 N–H and O–H groups in total. The van der Waals surface area contributed by atoms with Crippen molar-refractivity contribution in [1.29, 1.82) is 0 Å². The molecule has 3 aromatic rings. The van der Waals surface area contributed by atoms with Crippen molar-refractivity contribution in [3.8, 4) is 11.5 Å². The third-order valence-corrected chi connectivity index (χ3v) is 7.36. The van der Waals surface area contributed by atoms with Crippen molar-refractivity contribution in [2.45, 2.75) is 33.6 Å². The molecule has 2 amide bonds. The van der Waals surface area contributed by atoms with Crippen LogP contribution in [0.5, 0.6) is 11.5 Å². The molecule has 0 radical (unpaired) electrons. The van der Waals surface area contributed by atoms with E-state index >= 15 is 0 Å². The summed E-state index contributed by atoms with van der Waals surface area (Å²) in [5.74, 6) is 1.03. The van der Waals surface area contributed by atoms with Crippen LogP contribution in [0, 0.1) is 6.92 Å². The highest BCUT2D eigenvalue weighted by atomic mass is 32.2. The molecule has 7 nitrogen and oxygen atoms in total. The average Bonchev–Trinajstić information content (AvgIpc) is 3.52. The minimum atomic E-state index is -0.251. The molecule has 0 aliphatic carbocycles. The van der Waals surface area contributed by atoms with Gasteiger partial charge in [-0.1, -0.05) is 67.6 Å². The van der Waals surface area contributed by atoms with E-state index in [4.69, 9.17) is 9.47 Å². The monoisotopic (exact) mass is 527 g/mol. The van der Waals surface area contributed by atoms with Crippen LogP contribution < -0.4 is 19.7 Å². The van der Waals surface area contributed by atoms with Gasteiger partial charge in [-0.05, 0) is 66.8 Å². The van der Waals surface area contributed by atoms with Crippen molar-refractivity contribution < 1.29 is 19.1 Å². The van der Waals surface area contributed by atoms with Crippen molar-refractivity contribution >= 4 is 46.2 Å². The van der Waals surface area contributed by atoms with Crippen molar-refractivity contribution in [2.75, 3.05) is 22.8 Å². The van der Waals surface area contributed by atoms with Gasteiger partial charge in [0.15, 0.2) is 16.7 Å². The Labute approximate surface area is 226 Å². The molecular formula is C30H29N3O4S. The predicted octanol–water partition coefficient (Wildman–Crippen LogP) is 5.96. The van der Waals surface area contributed by atoms with Gasteiger partial charge in [0.1, 0.15) is 5.70 Å². The lowest BCUT2D eigenvalue weighted by atomic mass is 10.0. The highest BCUT2D eigenvalue weighted by molar-refractivity contribution is 8.14. The van der Waals surface area contributed by atoms with Crippen LogP contribution in [0.25, 0.3) is 6.08 Å². The first-order chi connectivity index (χ1) is 18.5. The maximum Gasteiger partial charge on any atom is 0.283 e. The number of carbonyl (C=O) groups is 2. The molecule has 8 heteroatoms. The van der Waals surface area contributed by atoms with Crippen LogP contribution in [0.3, 0.4) is 0 Å². The van der Waals surface area contributed by atoms with Crippen LogP contribution in [0.15, 0.2) is 71.4 Å². The number of anilines is 2. The molecule has 0 aromatic heterocycles. The van der Waals surface area contributed by atoms with Gasteiger partial charge in [0.25, 0.3) is 5.91 Å². The Morgan fingerprint density at radius 1 is 1.03 bits per heavy atom. The maximum absolute atomic E-state index is 13.5. The van der Waals surface area contributed by atoms with Crippen molar-refractivity contribution in [3.05, 3.63) is 88.6 Å². The summed E-state index contributed by atoms with van der Waals surface area (Å²) in [6.45, 7) is 6.32. The zero-order chi connectivity index (χ0) is 26.6. The molecular weight excluding hydrogens is 498 g/mol. The summed E-state index contributed by atoms with van der Waals surface area (Å²) in [5, 5.41) is 3.55. The Kier molecular flexibility index (Phi) is 7.51. The number of hydrogen-bond donors (Lipinski definition) is 1. The number of nitrogens with zero attached hydrogens (tertiary/aromatic N) is 2. The molecule has 2 aliphatic rings. The van der Waals surface area contributed by atoms with Gasteiger partial charge in [-0.15, -0.1) is 0 Å². The van der Waals surface area contributed by atoms with Crippen LogP contribution in [0.1, 0.15) is 36.1 Å². The summed E-state index contributed by atoms with van der Waals surface area (Å²) in [6.07, 6.45) is 3.38. The molecule has 3 aromatic carbocycles. The zero-order valence-electron chi connectivity index (χ0n) is 21.6. The van der Waals surface area contributed by atoms with E-state index in [-0.39, 0.29) is 30.1 Å². The first kappa shape index (κ1) is 25.6. The molecule has 0 fully saturated rings. The molecule has 0 atom stereocenters. The molecule has 0 saturated heterocycles. The number of rotatable bonds is 7. The van der Waals surface area contributed by atoms with Gasteiger partial charge in [-0.25, -0.2) is 4.99 Å².